The summed E-state index contributed by atoms with van der Waals surface area (Å²) in [6.45, 7) is 1.49. The van der Waals surface area contributed by atoms with Gasteiger partial charge in [-0.25, -0.2) is 9.37 Å². The number of hydrogen-bond acceptors (Lipinski definition) is 4. The number of piperidine rings is 1. The van der Waals surface area contributed by atoms with Crippen molar-refractivity contribution in [3.05, 3.63) is 59.4 Å². The minimum absolute atomic E-state index is 0.0843. The Morgan fingerprint density at radius 1 is 1.15 bits per heavy atom. The Bertz CT molecular complexity index is 886. The van der Waals surface area contributed by atoms with E-state index in [0.29, 0.717) is 10.8 Å². The second-order valence-corrected chi connectivity index (χ2v) is 8.47. The van der Waals surface area contributed by atoms with Crippen LogP contribution in [0.15, 0.2) is 53.4 Å². The van der Waals surface area contributed by atoms with Gasteiger partial charge in [0.2, 0.25) is 5.91 Å². The number of amides is 1. The van der Waals surface area contributed by atoms with E-state index in [-0.39, 0.29) is 17.5 Å². The van der Waals surface area contributed by atoms with Crippen LogP contribution in [0.5, 0.6) is 0 Å². The maximum absolute atomic E-state index is 13.7. The van der Waals surface area contributed by atoms with Crippen LogP contribution in [0.3, 0.4) is 0 Å². The van der Waals surface area contributed by atoms with E-state index in [0.717, 1.165) is 31.4 Å². The molecule has 6 heteroatoms. The molecule has 3 aromatic rings. The fourth-order valence-corrected chi connectivity index (χ4v) is 5.21. The number of likely N-dealkylation sites (tertiary alicyclic amines) is 1. The average Bonchev–Trinajstić information content (AvgIpc) is 3.11. The predicted molar refractivity (Wildman–Crippen MR) is 105 cm³/mol. The molecule has 2 aromatic carbocycles. The maximum atomic E-state index is 13.7. The normalized spacial score (nSPS) is 15.5. The van der Waals surface area contributed by atoms with Crippen molar-refractivity contribution in [2.75, 3.05) is 18.8 Å². The summed E-state index contributed by atoms with van der Waals surface area (Å²) in [4.78, 5) is 19.6. The average molecular weight is 387 g/mol. The first kappa shape index (κ1) is 17.5. The Balaban J connectivity index is 1.33. The lowest BCUT2D eigenvalue weighted by molar-refractivity contribution is -0.129. The molecule has 134 valence electrons. The quantitative estimate of drug-likeness (QED) is 0.596. The van der Waals surface area contributed by atoms with Crippen LogP contribution in [0.25, 0.3) is 10.2 Å². The lowest BCUT2D eigenvalue weighted by atomic mass is 9.97. The van der Waals surface area contributed by atoms with Gasteiger partial charge in [0.1, 0.15) is 5.82 Å². The van der Waals surface area contributed by atoms with Crippen LogP contribution in [0.2, 0.25) is 0 Å². The number of halogens is 1. The van der Waals surface area contributed by atoms with Gasteiger partial charge in [0.25, 0.3) is 0 Å². The SMILES string of the molecule is O=C(CSc1ccccc1F)N1CCC(c2nc3ccccc3s2)CC1. The molecule has 0 saturated carbocycles. The van der Waals surface area contributed by atoms with Crippen LogP contribution in [0.1, 0.15) is 23.8 Å². The van der Waals surface area contributed by atoms with Crippen LogP contribution in [-0.2, 0) is 4.79 Å². The van der Waals surface area contributed by atoms with E-state index in [1.165, 1.54) is 27.5 Å². The highest BCUT2D eigenvalue weighted by molar-refractivity contribution is 8.00. The first-order chi connectivity index (χ1) is 12.7. The van der Waals surface area contributed by atoms with Gasteiger partial charge in [-0.1, -0.05) is 24.3 Å². The number of thiazole rings is 1. The van der Waals surface area contributed by atoms with Gasteiger partial charge in [-0.05, 0) is 37.1 Å². The molecule has 26 heavy (non-hydrogen) atoms. The maximum Gasteiger partial charge on any atom is 0.232 e. The Morgan fingerprint density at radius 2 is 1.88 bits per heavy atom. The van der Waals surface area contributed by atoms with Gasteiger partial charge >= 0.3 is 0 Å². The minimum atomic E-state index is -0.264. The summed E-state index contributed by atoms with van der Waals surface area (Å²) in [5.74, 6) is 0.531. The number of nitrogens with zero attached hydrogens (tertiary/aromatic N) is 2. The van der Waals surface area contributed by atoms with E-state index in [4.69, 9.17) is 4.98 Å². The number of carbonyl (C=O) groups is 1. The van der Waals surface area contributed by atoms with Crippen molar-refractivity contribution >= 4 is 39.2 Å². The smallest absolute Gasteiger partial charge is 0.232 e. The van der Waals surface area contributed by atoms with E-state index in [1.807, 2.05) is 23.1 Å². The molecule has 0 N–H and O–H groups in total. The molecular weight excluding hydrogens is 367 g/mol. The third-order valence-corrected chi connectivity index (χ3v) is 6.93. The molecule has 0 spiro atoms. The topological polar surface area (TPSA) is 33.2 Å². The van der Waals surface area contributed by atoms with Crippen molar-refractivity contribution < 1.29 is 9.18 Å². The second-order valence-electron chi connectivity index (χ2n) is 6.39. The second kappa shape index (κ2) is 7.76. The van der Waals surface area contributed by atoms with Crippen LogP contribution in [-0.4, -0.2) is 34.6 Å². The molecule has 1 fully saturated rings. The molecule has 1 aliphatic heterocycles. The summed E-state index contributed by atoms with van der Waals surface area (Å²) in [5.41, 5.74) is 1.06. The standard InChI is InChI=1S/C20H19FN2OS2/c21-15-5-1-3-7-17(15)25-13-19(24)23-11-9-14(10-12-23)20-22-16-6-2-4-8-18(16)26-20/h1-8,14H,9-13H2. The molecule has 0 unspecified atom stereocenters. The molecule has 0 radical (unpaired) electrons. The number of aromatic nitrogens is 1. The Hall–Kier alpha value is -1.92. The molecule has 1 aromatic heterocycles. The number of thioether (sulfide) groups is 1. The van der Waals surface area contributed by atoms with E-state index in [9.17, 15) is 9.18 Å². The van der Waals surface area contributed by atoms with E-state index in [1.54, 1.807) is 29.5 Å². The fraction of sp³-hybridized carbons (Fsp3) is 0.300. The van der Waals surface area contributed by atoms with Crippen molar-refractivity contribution in [2.45, 2.75) is 23.7 Å². The largest absolute Gasteiger partial charge is 0.342 e. The van der Waals surface area contributed by atoms with Crippen molar-refractivity contribution in [1.82, 2.24) is 9.88 Å². The first-order valence-corrected chi connectivity index (χ1v) is 10.5. The van der Waals surface area contributed by atoms with E-state index < -0.39 is 0 Å². The Labute approximate surface area is 160 Å². The molecule has 3 nitrogen and oxygen atoms in total. The van der Waals surface area contributed by atoms with Gasteiger partial charge in [-0.15, -0.1) is 23.1 Å². The number of carbonyl (C=O) groups excluding carboxylic acids is 1. The first-order valence-electron chi connectivity index (χ1n) is 8.71. The van der Waals surface area contributed by atoms with Gasteiger partial charge in [0.15, 0.2) is 0 Å². The van der Waals surface area contributed by atoms with Crippen LogP contribution < -0.4 is 0 Å². The molecule has 0 bridgehead atoms. The van der Waals surface area contributed by atoms with Gasteiger partial charge in [-0.2, -0.15) is 0 Å². The van der Waals surface area contributed by atoms with Crippen molar-refractivity contribution in [1.29, 1.82) is 0 Å². The zero-order valence-electron chi connectivity index (χ0n) is 14.2. The van der Waals surface area contributed by atoms with Crippen LogP contribution in [0.4, 0.5) is 4.39 Å². The monoisotopic (exact) mass is 386 g/mol. The fourth-order valence-electron chi connectivity index (χ4n) is 3.23. The summed E-state index contributed by atoms with van der Waals surface area (Å²) in [6, 6.07) is 14.8. The third kappa shape index (κ3) is 3.76. The highest BCUT2D eigenvalue weighted by Gasteiger charge is 2.26. The zero-order valence-corrected chi connectivity index (χ0v) is 15.9. The zero-order chi connectivity index (χ0) is 17.9. The van der Waals surface area contributed by atoms with Crippen molar-refractivity contribution in [3.8, 4) is 0 Å². The highest BCUT2D eigenvalue weighted by Crippen LogP contribution is 2.34. The Kier molecular flexibility index (Phi) is 5.22. The molecular formula is C20H19FN2OS2. The summed E-state index contributed by atoms with van der Waals surface area (Å²) in [5, 5.41) is 1.18. The third-order valence-electron chi connectivity index (χ3n) is 4.70. The number of para-hydroxylation sites is 1. The number of fused-ring (bicyclic) bond motifs is 1. The van der Waals surface area contributed by atoms with Crippen LogP contribution in [0, 0.1) is 5.82 Å². The Morgan fingerprint density at radius 3 is 2.65 bits per heavy atom. The molecule has 1 amide bonds. The van der Waals surface area contributed by atoms with Crippen LogP contribution >= 0.6 is 23.1 Å². The minimum Gasteiger partial charge on any atom is -0.342 e. The molecule has 4 rings (SSSR count). The molecule has 1 saturated heterocycles. The van der Waals surface area contributed by atoms with Crippen molar-refractivity contribution in [3.63, 3.8) is 0 Å². The molecule has 1 aliphatic rings. The summed E-state index contributed by atoms with van der Waals surface area (Å²) < 4.78 is 14.9. The highest BCUT2D eigenvalue weighted by atomic mass is 32.2. The summed E-state index contributed by atoms with van der Waals surface area (Å²) in [7, 11) is 0. The summed E-state index contributed by atoms with van der Waals surface area (Å²) in [6.07, 6.45) is 1.88. The van der Waals surface area contributed by atoms with E-state index in [2.05, 4.69) is 6.07 Å². The molecule has 0 aliphatic carbocycles. The molecule has 0 atom stereocenters. The van der Waals surface area contributed by atoms with E-state index >= 15 is 0 Å². The van der Waals surface area contributed by atoms with Gasteiger partial charge in [0, 0.05) is 23.9 Å². The van der Waals surface area contributed by atoms with Gasteiger partial charge in [0.05, 0.1) is 21.0 Å². The lowest BCUT2D eigenvalue weighted by Gasteiger charge is -2.31. The predicted octanol–water partition coefficient (Wildman–Crippen LogP) is 4.93. The number of benzene rings is 2. The van der Waals surface area contributed by atoms with Crippen molar-refractivity contribution in [2.24, 2.45) is 0 Å². The lowest BCUT2D eigenvalue weighted by Crippen LogP contribution is -2.38. The van der Waals surface area contributed by atoms with Gasteiger partial charge in [-0.3, -0.25) is 4.79 Å². The number of hydrogen-bond donors (Lipinski definition) is 0. The van der Waals surface area contributed by atoms with Gasteiger partial charge < -0.3 is 4.90 Å². The number of rotatable bonds is 4. The summed E-state index contributed by atoms with van der Waals surface area (Å²) >= 11 is 3.03. The molecule has 2 heterocycles.